The van der Waals surface area contributed by atoms with Crippen LogP contribution in [0.15, 0.2) is 12.1 Å². The van der Waals surface area contributed by atoms with Crippen molar-refractivity contribution in [2.75, 3.05) is 13.7 Å². The Hall–Kier alpha value is -0.190. The molecule has 1 aromatic rings. The Balaban J connectivity index is 2.06. The molecule has 1 fully saturated rings. The van der Waals surface area contributed by atoms with E-state index in [1.54, 1.807) is 12.1 Å². The number of likely N-dealkylation sites (N-methyl/N-ethyl adjacent to an activating group) is 1. The Bertz CT molecular complexity index is 447. The summed E-state index contributed by atoms with van der Waals surface area (Å²) in [6, 6.07) is 3.55. The van der Waals surface area contributed by atoms with Crippen LogP contribution in [-0.2, 0) is 4.74 Å². The second-order valence-electron chi connectivity index (χ2n) is 4.82. The summed E-state index contributed by atoms with van der Waals surface area (Å²) >= 11 is 18.2. The first-order valence-corrected chi connectivity index (χ1v) is 7.80. The second kappa shape index (κ2) is 7.19. The van der Waals surface area contributed by atoms with Crippen LogP contribution in [0, 0.1) is 0 Å². The van der Waals surface area contributed by atoms with Crippen molar-refractivity contribution in [3.05, 3.63) is 27.2 Å². The molecule has 112 valence electrons. The monoisotopic (exact) mass is 337 g/mol. The molecule has 0 spiro atoms. The highest BCUT2D eigenvalue weighted by atomic mass is 35.5. The smallest absolute Gasteiger partial charge is 0.157 e. The fraction of sp³-hybridized carbons (Fsp3) is 0.571. The quantitative estimate of drug-likeness (QED) is 0.844. The Kier molecular flexibility index (Phi) is 5.82. The summed E-state index contributed by atoms with van der Waals surface area (Å²) in [7, 11) is 1.92. The molecular formula is C14H18Cl3NO2. The van der Waals surface area contributed by atoms with E-state index in [0.29, 0.717) is 33.5 Å². The molecule has 0 bridgehead atoms. The van der Waals surface area contributed by atoms with Gasteiger partial charge in [-0.25, -0.2) is 0 Å². The number of halogens is 3. The summed E-state index contributed by atoms with van der Waals surface area (Å²) in [6.07, 6.45) is 1.81. The van der Waals surface area contributed by atoms with Crippen molar-refractivity contribution in [3.63, 3.8) is 0 Å². The third-order valence-corrected chi connectivity index (χ3v) is 4.15. The van der Waals surface area contributed by atoms with Crippen LogP contribution in [0.2, 0.25) is 15.1 Å². The number of nitrogens with one attached hydrogen (secondary N) is 1. The van der Waals surface area contributed by atoms with E-state index in [0.717, 1.165) is 12.8 Å². The SMILES string of the molecule is CCCOC1C(NC)CC1Oc1c(Cl)cc(Cl)cc1Cl. The van der Waals surface area contributed by atoms with Crippen molar-refractivity contribution in [3.8, 4) is 5.75 Å². The van der Waals surface area contributed by atoms with Gasteiger partial charge in [-0.2, -0.15) is 0 Å². The summed E-state index contributed by atoms with van der Waals surface area (Å²) in [5, 5.41) is 4.56. The summed E-state index contributed by atoms with van der Waals surface area (Å²) in [6.45, 7) is 2.79. The van der Waals surface area contributed by atoms with Gasteiger partial charge < -0.3 is 14.8 Å². The van der Waals surface area contributed by atoms with Gasteiger partial charge in [0.15, 0.2) is 5.75 Å². The number of ether oxygens (including phenoxy) is 2. The van der Waals surface area contributed by atoms with Gasteiger partial charge in [0.05, 0.1) is 10.0 Å². The highest BCUT2D eigenvalue weighted by Gasteiger charge is 2.43. The molecule has 0 radical (unpaired) electrons. The van der Waals surface area contributed by atoms with Crippen LogP contribution in [0.4, 0.5) is 0 Å². The van der Waals surface area contributed by atoms with Crippen LogP contribution in [0.5, 0.6) is 5.75 Å². The molecule has 3 nitrogen and oxygen atoms in total. The molecule has 3 unspecified atom stereocenters. The van der Waals surface area contributed by atoms with Crippen molar-refractivity contribution in [1.82, 2.24) is 5.32 Å². The maximum atomic E-state index is 6.13. The lowest BCUT2D eigenvalue weighted by Gasteiger charge is -2.43. The summed E-state index contributed by atoms with van der Waals surface area (Å²) in [4.78, 5) is 0. The number of hydrogen-bond donors (Lipinski definition) is 1. The zero-order valence-corrected chi connectivity index (χ0v) is 13.7. The van der Waals surface area contributed by atoms with Crippen LogP contribution >= 0.6 is 34.8 Å². The average molecular weight is 339 g/mol. The normalized spacial score (nSPS) is 25.4. The first-order valence-electron chi connectivity index (χ1n) is 6.66. The third kappa shape index (κ3) is 3.52. The maximum absolute atomic E-state index is 6.13. The van der Waals surface area contributed by atoms with Gasteiger partial charge in [-0.3, -0.25) is 0 Å². The molecule has 20 heavy (non-hydrogen) atoms. The largest absolute Gasteiger partial charge is 0.484 e. The van der Waals surface area contributed by atoms with Crippen LogP contribution < -0.4 is 10.1 Å². The van der Waals surface area contributed by atoms with Gasteiger partial charge in [-0.15, -0.1) is 0 Å². The highest BCUT2D eigenvalue weighted by Crippen LogP contribution is 2.39. The van der Waals surface area contributed by atoms with E-state index in [4.69, 9.17) is 44.3 Å². The number of rotatable bonds is 6. The Morgan fingerprint density at radius 1 is 1.25 bits per heavy atom. The fourth-order valence-electron chi connectivity index (χ4n) is 2.25. The van der Waals surface area contributed by atoms with E-state index in [2.05, 4.69) is 12.2 Å². The predicted molar refractivity (Wildman–Crippen MR) is 83.4 cm³/mol. The molecule has 0 aromatic heterocycles. The number of hydrogen-bond acceptors (Lipinski definition) is 3. The lowest BCUT2D eigenvalue weighted by atomic mass is 9.85. The van der Waals surface area contributed by atoms with Crippen LogP contribution in [-0.4, -0.2) is 31.9 Å². The standard InChI is InChI=1S/C14H18Cl3NO2/c1-3-4-19-14-11(18-2)7-12(14)20-13-9(16)5-8(15)6-10(13)17/h5-6,11-12,14,18H,3-4,7H2,1-2H3. The van der Waals surface area contributed by atoms with E-state index in [9.17, 15) is 0 Å². The second-order valence-corrected chi connectivity index (χ2v) is 6.07. The van der Waals surface area contributed by atoms with Gasteiger partial charge in [-0.05, 0) is 25.6 Å². The van der Waals surface area contributed by atoms with E-state index in [1.807, 2.05) is 7.05 Å². The molecule has 0 heterocycles. The van der Waals surface area contributed by atoms with Crippen molar-refractivity contribution in [2.24, 2.45) is 0 Å². The van der Waals surface area contributed by atoms with E-state index in [1.165, 1.54) is 0 Å². The highest BCUT2D eigenvalue weighted by molar-refractivity contribution is 6.40. The topological polar surface area (TPSA) is 30.5 Å². The molecule has 6 heteroatoms. The van der Waals surface area contributed by atoms with Gasteiger partial charge in [0.1, 0.15) is 12.2 Å². The van der Waals surface area contributed by atoms with Crippen molar-refractivity contribution >= 4 is 34.8 Å². The Morgan fingerprint density at radius 3 is 2.45 bits per heavy atom. The lowest BCUT2D eigenvalue weighted by molar-refractivity contribution is -0.106. The summed E-state index contributed by atoms with van der Waals surface area (Å²) in [5.74, 6) is 0.474. The molecule has 3 atom stereocenters. The maximum Gasteiger partial charge on any atom is 0.157 e. The molecule has 0 aliphatic heterocycles. The summed E-state index contributed by atoms with van der Waals surface area (Å²) < 4.78 is 11.7. The van der Waals surface area contributed by atoms with Gasteiger partial charge in [0.2, 0.25) is 0 Å². The van der Waals surface area contributed by atoms with Gasteiger partial charge >= 0.3 is 0 Å². The molecule has 1 aliphatic carbocycles. The predicted octanol–water partition coefficient (Wildman–Crippen LogP) is 4.18. The van der Waals surface area contributed by atoms with E-state index >= 15 is 0 Å². The zero-order valence-electron chi connectivity index (χ0n) is 11.5. The van der Waals surface area contributed by atoms with Gasteiger partial charge in [0.25, 0.3) is 0 Å². The molecule has 1 aromatic carbocycles. The Morgan fingerprint density at radius 2 is 1.90 bits per heavy atom. The van der Waals surface area contributed by atoms with Crippen molar-refractivity contribution < 1.29 is 9.47 Å². The van der Waals surface area contributed by atoms with Gasteiger partial charge in [0, 0.05) is 24.1 Å². The minimum absolute atomic E-state index is 0.0164. The minimum Gasteiger partial charge on any atom is -0.484 e. The third-order valence-electron chi connectivity index (χ3n) is 3.37. The Labute approximate surface area is 134 Å². The number of benzene rings is 1. The van der Waals surface area contributed by atoms with Crippen molar-refractivity contribution in [2.45, 2.75) is 38.0 Å². The fourth-order valence-corrected chi connectivity index (χ4v) is 3.16. The zero-order chi connectivity index (χ0) is 14.7. The molecule has 1 saturated carbocycles. The molecule has 0 saturated heterocycles. The van der Waals surface area contributed by atoms with Crippen LogP contribution in [0.25, 0.3) is 0 Å². The lowest BCUT2D eigenvalue weighted by Crippen LogP contribution is -2.60. The minimum atomic E-state index is -0.0461. The first kappa shape index (κ1) is 16.2. The van der Waals surface area contributed by atoms with Crippen LogP contribution in [0.1, 0.15) is 19.8 Å². The molecule has 1 N–H and O–H groups in total. The van der Waals surface area contributed by atoms with E-state index < -0.39 is 0 Å². The van der Waals surface area contributed by atoms with E-state index in [-0.39, 0.29) is 12.2 Å². The molecule has 2 rings (SSSR count). The molecule has 0 amide bonds. The van der Waals surface area contributed by atoms with Gasteiger partial charge in [-0.1, -0.05) is 41.7 Å². The summed E-state index contributed by atoms with van der Waals surface area (Å²) in [5.41, 5.74) is 0. The first-order chi connectivity index (χ1) is 9.56. The molecule has 1 aliphatic rings. The molecular weight excluding hydrogens is 321 g/mol. The van der Waals surface area contributed by atoms with Crippen molar-refractivity contribution in [1.29, 1.82) is 0 Å². The van der Waals surface area contributed by atoms with Crippen LogP contribution in [0.3, 0.4) is 0 Å². The average Bonchev–Trinajstić information content (AvgIpc) is 2.36.